The highest BCUT2D eigenvalue weighted by Crippen LogP contribution is 2.54. The smallest absolute Gasteiger partial charge is 0.251 e. The molecule has 0 radical (unpaired) electrons. The van der Waals surface area contributed by atoms with Gasteiger partial charge in [0.1, 0.15) is 0 Å². The Hall–Kier alpha value is -1.85. The number of nitrogens with zero attached hydrogens (tertiary/aromatic N) is 2. The van der Waals surface area contributed by atoms with Crippen LogP contribution in [0.25, 0.3) is 0 Å². The number of benzene rings is 1. The van der Waals surface area contributed by atoms with Crippen LogP contribution in [0.15, 0.2) is 35.9 Å². The van der Waals surface area contributed by atoms with Gasteiger partial charge < -0.3 is 15.0 Å². The number of allylic oxidation sites excluding steroid dienone is 1. The van der Waals surface area contributed by atoms with Crippen molar-refractivity contribution >= 4 is 11.6 Å². The molecule has 3 aliphatic rings. The third kappa shape index (κ3) is 3.58. The number of hydrogen-bond donors (Lipinski definition) is 1. The van der Waals surface area contributed by atoms with Crippen molar-refractivity contribution in [3.8, 4) is 0 Å². The van der Waals surface area contributed by atoms with Crippen molar-refractivity contribution in [2.45, 2.75) is 38.4 Å². The van der Waals surface area contributed by atoms with Gasteiger partial charge in [0.2, 0.25) is 0 Å². The molecular weight excluding hydrogens is 350 g/mol. The molecule has 1 aromatic carbocycles. The summed E-state index contributed by atoms with van der Waals surface area (Å²) in [6.07, 6.45) is 4.92. The van der Waals surface area contributed by atoms with E-state index in [-0.39, 0.29) is 11.5 Å². The van der Waals surface area contributed by atoms with Gasteiger partial charge in [-0.25, -0.2) is 0 Å². The monoisotopic (exact) mass is 383 g/mol. The van der Waals surface area contributed by atoms with E-state index >= 15 is 0 Å². The zero-order valence-corrected chi connectivity index (χ0v) is 17.6. The van der Waals surface area contributed by atoms with Gasteiger partial charge in [-0.3, -0.25) is 9.69 Å². The van der Waals surface area contributed by atoms with Gasteiger partial charge in [-0.05, 0) is 51.0 Å². The third-order valence-corrected chi connectivity index (χ3v) is 6.76. The van der Waals surface area contributed by atoms with Gasteiger partial charge in [-0.15, -0.1) is 0 Å². The van der Waals surface area contributed by atoms with Gasteiger partial charge in [-0.2, -0.15) is 0 Å². The predicted molar refractivity (Wildman–Crippen MR) is 113 cm³/mol. The van der Waals surface area contributed by atoms with Crippen LogP contribution in [0.4, 0.5) is 5.69 Å². The number of amides is 1. The van der Waals surface area contributed by atoms with Crippen LogP contribution in [0.2, 0.25) is 0 Å². The number of carbonyl (C=O) groups is 1. The summed E-state index contributed by atoms with van der Waals surface area (Å²) in [4.78, 5) is 17.2. The summed E-state index contributed by atoms with van der Waals surface area (Å²) in [5, 5.41) is 3.19. The molecule has 4 atom stereocenters. The van der Waals surface area contributed by atoms with Crippen molar-refractivity contribution in [1.29, 1.82) is 0 Å². The molecule has 0 unspecified atom stereocenters. The summed E-state index contributed by atoms with van der Waals surface area (Å²) in [5.74, 6) is 0.977. The average Bonchev–Trinajstić information content (AvgIpc) is 3.32. The first-order valence-corrected chi connectivity index (χ1v) is 10.5. The van der Waals surface area contributed by atoms with E-state index in [2.05, 4.69) is 30.1 Å². The minimum absolute atomic E-state index is 0.0153. The number of rotatable bonds is 6. The molecule has 152 valence electrons. The fraction of sp³-hybridized carbons (Fsp3) is 0.609. The van der Waals surface area contributed by atoms with Gasteiger partial charge in [0.15, 0.2) is 0 Å². The standard InChI is InChI=1S/C23H33N3O2/c1-16(2)10-12-26-14-20-19(21-9-11-23(20,15-26)28-21)13-24-22(27)17-5-7-18(8-6-17)25(3)4/h5-8,10,19-21H,9,11-15H2,1-4H3,(H,24,27)/t19-,20+,21+,23+/m0/s1. The molecule has 5 heteroatoms. The Kier molecular flexibility index (Phi) is 5.23. The second-order valence-electron chi connectivity index (χ2n) is 9.16. The molecule has 1 N–H and O–H groups in total. The molecule has 1 aromatic rings. The quantitative estimate of drug-likeness (QED) is 0.767. The average molecular weight is 384 g/mol. The van der Waals surface area contributed by atoms with Gasteiger partial charge in [0.25, 0.3) is 5.91 Å². The number of fused-ring (bicyclic) bond motifs is 1. The van der Waals surface area contributed by atoms with Crippen LogP contribution < -0.4 is 10.2 Å². The van der Waals surface area contributed by atoms with Gasteiger partial charge in [0, 0.05) is 63.4 Å². The highest BCUT2D eigenvalue weighted by molar-refractivity contribution is 5.94. The number of anilines is 1. The van der Waals surface area contributed by atoms with Crippen LogP contribution in [-0.2, 0) is 4.74 Å². The van der Waals surface area contributed by atoms with E-state index in [1.807, 2.05) is 43.3 Å². The molecule has 0 aromatic heterocycles. The van der Waals surface area contributed by atoms with Crippen LogP contribution in [0, 0.1) is 11.8 Å². The van der Waals surface area contributed by atoms with Crippen LogP contribution in [-0.4, -0.2) is 62.8 Å². The van der Waals surface area contributed by atoms with Gasteiger partial charge in [0.05, 0.1) is 11.7 Å². The van der Waals surface area contributed by atoms with Crippen molar-refractivity contribution < 1.29 is 9.53 Å². The van der Waals surface area contributed by atoms with Gasteiger partial charge >= 0.3 is 0 Å². The summed E-state index contributed by atoms with van der Waals surface area (Å²) in [6, 6.07) is 7.78. The van der Waals surface area contributed by atoms with Crippen LogP contribution in [0.3, 0.4) is 0 Å². The topological polar surface area (TPSA) is 44.8 Å². The lowest BCUT2D eigenvalue weighted by atomic mass is 9.73. The van der Waals surface area contributed by atoms with E-state index in [0.717, 1.165) is 37.3 Å². The lowest BCUT2D eigenvalue weighted by Crippen LogP contribution is -2.41. The largest absolute Gasteiger partial charge is 0.378 e. The van der Waals surface area contributed by atoms with E-state index in [9.17, 15) is 4.79 Å². The molecule has 3 heterocycles. The van der Waals surface area contributed by atoms with Crippen molar-refractivity contribution in [3.63, 3.8) is 0 Å². The molecule has 4 rings (SSSR count). The zero-order chi connectivity index (χ0) is 19.9. The maximum absolute atomic E-state index is 12.6. The molecule has 0 saturated carbocycles. The number of nitrogens with one attached hydrogen (secondary N) is 1. The number of hydrogen-bond acceptors (Lipinski definition) is 4. The molecular formula is C23H33N3O2. The van der Waals surface area contributed by atoms with Crippen molar-refractivity contribution in [2.24, 2.45) is 11.8 Å². The Morgan fingerprint density at radius 3 is 2.75 bits per heavy atom. The molecule has 5 nitrogen and oxygen atoms in total. The molecule has 2 bridgehead atoms. The minimum Gasteiger partial charge on any atom is -0.378 e. The molecule has 3 fully saturated rings. The van der Waals surface area contributed by atoms with E-state index < -0.39 is 0 Å². The second-order valence-corrected chi connectivity index (χ2v) is 9.16. The highest BCUT2D eigenvalue weighted by Gasteiger charge is 2.62. The first-order chi connectivity index (χ1) is 13.4. The van der Waals surface area contributed by atoms with Crippen LogP contribution in [0.5, 0.6) is 0 Å². The molecule has 3 saturated heterocycles. The third-order valence-electron chi connectivity index (χ3n) is 6.76. The fourth-order valence-corrected chi connectivity index (χ4v) is 5.23. The zero-order valence-electron chi connectivity index (χ0n) is 17.6. The Labute approximate surface area is 168 Å². The lowest BCUT2D eigenvalue weighted by Gasteiger charge is -2.29. The van der Waals surface area contributed by atoms with E-state index in [1.165, 1.54) is 12.0 Å². The summed E-state index contributed by atoms with van der Waals surface area (Å²) < 4.78 is 6.49. The maximum atomic E-state index is 12.6. The first kappa shape index (κ1) is 19.5. The summed E-state index contributed by atoms with van der Waals surface area (Å²) in [5.41, 5.74) is 3.22. The second kappa shape index (κ2) is 7.53. The normalized spacial score (nSPS) is 30.9. The van der Waals surface area contributed by atoms with Crippen molar-refractivity contribution in [2.75, 3.05) is 45.2 Å². The molecule has 1 spiro atoms. The Morgan fingerprint density at radius 1 is 1.32 bits per heavy atom. The molecule has 28 heavy (non-hydrogen) atoms. The number of likely N-dealkylation sites (tertiary alicyclic amines) is 1. The molecule has 1 amide bonds. The summed E-state index contributed by atoms with van der Waals surface area (Å²) in [6.45, 7) is 8.14. The summed E-state index contributed by atoms with van der Waals surface area (Å²) in [7, 11) is 4.01. The fourth-order valence-electron chi connectivity index (χ4n) is 5.23. The Balaban J connectivity index is 1.37. The van der Waals surface area contributed by atoms with E-state index in [1.54, 1.807) is 0 Å². The van der Waals surface area contributed by atoms with Crippen LogP contribution >= 0.6 is 0 Å². The van der Waals surface area contributed by atoms with E-state index in [0.29, 0.717) is 24.5 Å². The lowest BCUT2D eigenvalue weighted by molar-refractivity contribution is 0.00364. The van der Waals surface area contributed by atoms with Crippen LogP contribution in [0.1, 0.15) is 37.0 Å². The van der Waals surface area contributed by atoms with E-state index in [4.69, 9.17) is 4.74 Å². The first-order valence-electron chi connectivity index (χ1n) is 10.5. The van der Waals surface area contributed by atoms with Gasteiger partial charge in [-0.1, -0.05) is 11.6 Å². The van der Waals surface area contributed by atoms with Crippen molar-refractivity contribution in [3.05, 3.63) is 41.5 Å². The van der Waals surface area contributed by atoms with Crippen molar-refractivity contribution in [1.82, 2.24) is 10.2 Å². The number of ether oxygens (including phenoxy) is 1. The SMILES string of the molecule is CC(C)=CCN1C[C@@H]2[C@H](CNC(=O)c3ccc(N(C)C)cc3)[C@H]3CC[C@]2(C1)O3. The molecule has 0 aliphatic carbocycles. The maximum Gasteiger partial charge on any atom is 0.251 e. The minimum atomic E-state index is 0.0153. The Morgan fingerprint density at radius 2 is 2.07 bits per heavy atom. The Bertz CT molecular complexity index is 754. The number of carbonyl (C=O) groups excluding carboxylic acids is 1. The summed E-state index contributed by atoms with van der Waals surface area (Å²) >= 11 is 0. The molecule has 3 aliphatic heterocycles. The predicted octanol–water partition coefficient (Wildman–Crippen LogP) is 2.93. The highest BCUT2D eigenvalue weighted by atomic mass is 16.5.